The summed E-state index contributed by atoms with van der Waals surface area (Å²) in [5.74, 6) is 0. The van der Waals surface area contributed by atoms with E-state index in [-0.39, 0.29) is 0 Å². The molecule has 0 aromatic rings. The van der Waals surface area contributed by atoms with E-state index in [1.807, 2.05) is 11.1 Å². The molecule has 0 aromatic carbocycles. The summed E-state index contributed by atoms with van der Waals surface area (Å²) in [5, 5.41) is 0. The highest BCUT2D eigenvalue weighted by atomic mass is 14.2. The second-order valence-electron chi connectivity index (χ2n) is 7.51. The summed E-state index contributed by atoms with van der Waals surface area (Å²) in [5.41, 5.74) is 3.79. The molecular weight excluding hydrogens is 252 g/mol. The van der Waals surface area contributed by atoms with Gasteiger partial charge in [-0.1, -0.05) is 81.8 Å². The molecule has 0 saturated heterocycles. The van der Waals surface area contributed by atoms with E-state index in [0.717, 1.165) is 0 Å². The van der Waals surface area contributed by atoms with E-state index in [0.29, 0.717) is 0 Å². The predicted molar refractivity (Wildman–Crippen MR) is 94.7 cm³/mol. The zero-order valence-corrected chi connectivity index (χ0v) is 14.4. The van der Waals surface area contributed by atoms with Crippen LogP contribution >= 0.6 is 0 Å². The second-order valence-corrected chi connectivity index (χ2v) is 7.51. The Kier molecular flexibility index (Phi) is 9.22. The third-order valence-corrected chi connectivity index (χ3v) is 5.66. The van der Waals surface area contributed by atoms with E-state index in [1.54, 1.807) is 0 Å². The van der Waals surface area contributed by atoms with Gasteiger partial charge in [0.25, 0.3) is 0 Å². The first kappa shape index (κ1) is 17.1. The molecule has 0 radical (unpaired) electrons. The second kappa shape index (κ2) is 11.3. The average Bonchev–Trinajstić information content (AvgIpc) is 3.01. The van der Waals surface area contributed by atoms with Crippen molar-refractivity contribution in [2.45, 2.75) is 122 Å². The fraction of sp³-hybridized carbons (Fsp3) is 0.905. The van der Waals surface area contributed by atoms with Gasteiger partial charge in [0.05, 0.1) is 0 Å². The van der Waals surface area contributed by atoms with Crippen LogP contribution in [0.15, 0.2) is 11.1 Å². The van der Waals surface area contributed by atoms with Crippen molar-refractivity contribution in [3.63, 3.8) is 0 Å². The normalized spacial score (nSPS) is 25.1. The molecule has 122 valence electrons. The van der Waals surface area contributed by atoms with Crippen molar-refractivity contribution in [1.82, 2.24) is 0 Å². The zero-order valence-electron chi connectivity index (χ0n) is 14.4. The first-order valence-corrected chi connectivity index (χ1v) is 10.2. The van der Waals surface area contributed by atoms with Gasteiger partial charge in [0.2, 0.25) is 0 Å². The Morgan fingerprint density at radius 2 is 0.429 bits per heavy atom. The van der Waals surface area contributed by atoms with Crippen molar-refractivity contribution >= 4 is 0 Å². The van der Waals surface area contributed by atoms with Crippen molar-refractivity contribution in [2.24, 2.45) is 0 Å². The Morgan fingerprint density at radius 3 is 0.714 bits per heavy atom. The monoisotopic (exact) mass is 290 g/mol. The predicted octanol–water partition coefficient (Wildman–Crippen LogP) is 7.72. The van der Waals surface area contributed by atoms with Crippen LogP contribution in [0.3, 0.4) is 0 Å². The molecule has 21 heavy (non-hydrogen) atoms. The lowest BCUT2D eigenvalue weighted by molar-refractivity contribution is 0.526. The molecule has 0 bridgehead atoms. The van der Waals surface area contributed by atoms with Crippen LogP contribution < -0.4 is 0 Å². The van der Waals surface area contributed by atoms with Crippen molar-refractivity contribution < 1.29 is 0 Å². The summed E-state index contributed by atoms with van der Waals surface area (Å²) in [6.07, 6.45) is 28.0. The topological polar surface area (TPSA) is 0 Å². The third-order valence-electron chi connectivity index (χ3n) is 5.66. The van der Waals surface area contributed by atoms with Crippen LogP contribution in [0.5, 0.6) is 0 Å². The number of hydrogen-bond donors (Lipinski definition) is 0. The maximum absolute atomic E-state index is 1.90. The van der Waals surface area contributed by atoms with Crippen molar-refractivity contribution in [2.75, 3.05) is 0 Å². The standard InChI is InChI=1S/C21H38/c1-2-4-6-8-10-12-16-20(21-18-14-15-19-21)17-13-11-9-7-5-3-1/h1-19H2. The van der Waals surface area contributed by atoms with Gasteiger partial charge in [0, 0.05) is 0 Å². The lowest BCUT2D eigenvalue weighted by atomic mass is 9.94. The van der Waals surface area contributed by atoms with Gasteiger partial charge >= 0.3 is 0 Å². The van der Waals surface area contributed by atoms with Crippen LogP contribution in [0.4, 0.5) is 0 Å². The molecule has 2 rings (SSSR count). The molecule has 0 heteroatoms. The Morgan fingerprint density at radius 1 is 0.238 bits per heavy atom. The summed E-state index contributed by atoms with van der Waals surface area (Å²) < 4.78 is 0. The Labute approximate surface area is 133 Å². The molecule has 0 amide bonds. The minimum absolute atomic E-state index is 1.44. The van der Waals surface area contributed by atoms with E-state index >= 15 is 0 Å². The minimum Gasteiger partial charge on any atom is -0.0710 e. The molecule has 0 nitrogen and oxygen atoms in total. The fourth-order valence-corrected chi connectivity index (χ4v) is 4.26. The number of rotatable bonds is 0. The van der Waals surface area contributed by atoms with E-state index in [2.05, 4.69) is 0 Å². The molecule has 0 heterocycles. The largest absolute Gasteiger partial charge is 0.0710 e. The van der Waals surface area contributed by atoms with Gasteiger partial charge in [0.15, 0.2) is 0 Å². The SMILES string of the molecule is C1CCCCCCCC(=C2CCCC2)CCCCCCC1. The van der Waals surface area contributed by atoms with E-state index in [4.69, 9.17) is 0 Å². The molecular formula is C21H38. The minimum atomic E-state index is 1.44. The smallest absolute Gasteiger partial charge is 0.0318 e. The van der Waals surface area contributed by atoms with Gasteiger partial charge in [-0.15, -0.1) is 0 Å². The van der Waals surface area contributed by atoms with Crippen LogP contribution in [0.2, 0.25) is 0 Å². The fourth-order valence-electron chi connectivity index (χ4n) is 4.26. The van der Waals surface area contributed by atoms with Crippen molar-refractivity contribution in [3.05, 3.63) is 11.1 Å². The quantitative estimate of drug-likeness (QED) is 0.400. The van der Waals surface area contributed by atoms with E-state index in [1.165, 1.54) is 122 Å². The van der Waals surface area contributed by atoms with Crippen LogP contribution in [0.1, 0.15) is 122 Å². The Hall–Kier alpha value is -0.260. The number of allylic oxidation sites excluding steroid dienone is 2. The Balaban J connectivity index is 1.77. The molecule has 0 spiro atoms. The first-order valence-electron chi connectivity index (χ1n) is 10.2. The summed E-state index contributed by atoms with van der Waals surface area (Å²) >= 11 is 0. The van der Waals surface area contributed by atoms with Gasteiger partial charge < -0.3 is 0 Å². The van der Waals surface area contributed by atoms with Crippen LogP contribution in [-0.4, -0.2) is 0 Å². The highest BCUT2D eigenvalue weighted by Crippen LogP contribution is 2.32. The third kappa shape index (κ3) is 7.52. The molecule has 0 atom stereocenters. The molecule has 2 aliphatic carbocycles. The first-order chi connectivity index (χ1) is 10.5. The highest BCUT2D eigenvalue weighted by molar-refractivity contribution is 5.17. The highest BCUT2D eigenvalue weighted by Gasteiger charge is 2.12. The van der Waals surface area contributed by atoms with Crippen LogP contribution in [0, 0.1) is 0 Å². The molecule has 0 aromatic heterocycles. The van der Waals surface area contributed by atoms with Gasteiger partial charge in [-0.2, -0.15) is 0 Å². The molecule has 0 unspecified atom stereocenters. The molecule has 0 aliphatic heterocycles. The maximum Gasteiger partial charge on any atom is -0.0318 e. The number of hydrogen-bond acceptors (Lipinski definition) is 0. The summed E-state index contributed by atoms with van der Waals surface area (Å²) in [4.78, 5) is 0. The zero-order chi connectivity index (χ0) is 14.6. The van der Waals surface area contributed by atoms with Crippen LogP contribution in [-0.2, 0) is 0 Å². The average molecular weight is 291 g/mol. The molecule has 2 fully saturated rings. The van der Waals surface area contributed by atoms with E-state index < -0.39 is 0 Å². The summed E-state index contributed by atoms with van der Waals surface area (Å²) in [6, 6.07) is 0. The van der Waals surface area contributed by atoms with Gasteiger partial charge in [-0.25, -0.2) is 0 Å². The Bertz CT molecular complexity index is 260. The molecule has 2 aliphatic rings. The van der Waals surface area contributed by atoms with Gasteiger partial charge in [0.1, 0.15) is 0 Å². The van der Waals surface area contributed by atoms with Crippen LogP contribution in [0.25, 0.3) is 0 Å². The van der Waals surface area contributed by atoms with Crippen molar-refractivity contribution in [1.29, 1.82) is 0 Å². The lowest BCUT2D eigenvalue weighted by Gasteiger charge is -2.13. The molecule has 0 N–H and O–H groups in total. The summed E-state index contributed by atoms with van der Waals surface area (Å²) in [7, 11) is 0. The van der Waals surface area contributed by atoms with E-state index in [9.17, 15) is 0 Å². The van der Waals surface area contributed by atoms with Crippen molar-refractivity contribution in [3.8, 4) is 0 Å². The molecule has 2 saturated carbocycles. The lowest BCUT2D eigenvalue weighted by Crippen LogP contribution is -1.93. The summed E-state index contributed by atoms with van der Waals surface area (Å²) in [6.45, 7) is 0. The maximum atomic E-state index is 1.90. The van der Waals surface area contributed by atoms with Gasteiger partial charge in [-0.3, -0.25) is 0 Å². The van der Waals surface area contributed by atoms with Gasteiger partial charge in [-0.05, 0) is 51.4 Å².